The molecule has 2 atom stereocenters. The number of hydrogen-bond donors (Lipinski definition) is 1. The summed E-state index contributed by atoms with van der Waals surface area (Å²) in [6.45, 7) is 10.3. The molecule has 2 aromatic carbocycles. The monoisotopic (exact) mass is 407 g/mol. The molecular weight excluding hydrogens is 374 g/mol. The van der Waals surface area contributed by atoms with Crippen LogP contribution in [0, 0.1) is 19.8 Å². The maximum Gasteiger partial charge on any atom is 0.161 e. The Morgan fingerprint density at radius 2 is 2.00 bits per heavy atom. The molecule has 0 saturated carbocycles. The standard InChI is InChI=1S/C25H33N3O2/c1-5-11-28-12-10-22-21(15-28)25(27-26-22)19-8-9-23(24(14-19)29-4)30-16-20-13-17(2)6-7-18(20)3/h6-9,13-14,21,25,27H,5,10-12,15-16H2,1-4H3. The fourth-order valence-electron chi connectivity index (χ4n) is 4.55. The zero-order chi connectivity index (χ0) is 21.1. The Hall–Kier alpha value is -2.53. The first kappa shape index (κ1) is 20.7. The number of rotatable bonds is 7. The van der Waals surface area contributed by atoms with Gasteiger partial charge in [-0.25, -0.2) is 0 Å². The lowest BCUT2D eigenvalue weighted by molar-refractivity contribution is 0.228. The summed E-state index contributed by atoms with van der Waals surface area (Å²) < 4.78 is 11.8. The Labute approximate surface area is 180 Å². The van der Waals surface area contributed by atoms with Crippen LogP contribution in [0.2, 0.25) is 0 Å². The van der Waals surface area contributed by atoms with E-state index in [1.54, 1.807) is 7.11 Å². The van der Waals surface area contributed by atoms with Crippen molar-refractivity contribution in [2.45, 2.75) is 46.3 Å². The maximum absolute atomic E-state index is 6.14. The van der Waals surface area contributed by atoms with Gasteiger partial charge in [0.25, 0.3) is 0 Å². The van der Waals surface area contributed by atoms with Crippen molar-refractivity contribution in [1.29, 1.82) is 0 Å². The summed E-state index contributed by atoms with van der Waals surface area (Å²) in [5.74, 6) is 1.98. The Morgan fingerprint density at radius 3 is 2.80 bits per heavy atom. The number of likely N-dealkylation sites (tertiary alicyclic amines) is 1. The quantitative estimate of drug-likeness (QED) is 0.727. The summed E-state index contributed by atoms with van der Waals surface area (Å²) in [5.41, 5.74) is 9.58. The van der Waals surface area contributed by atoms with Crippen molar-refractivity contribution in [3.05, 3.63) is 58.7 Å². The highest BCUT2D eigenvalue weighted by atomic mass is 16.5. The Bertz CT molecular complexity index is 925. The minimum Gasteiger partial charge on any atom is -0.493 e. The molecule has 30 heavy (non-hydrogen) atoms. The summed E-state index contributed by atoms with van der Waals surface area (Å²) in [7, 11) is 1.71. The third-order valence-electron chi connectivity index (χ3n) is 6.29. The van der Waals surface area contributed by atoms with Crippen molar-refractivity contribution in [2.75, 3.05) is 26.7 Å². The van der Waals surface area contributed by atoms with E-state index in [9.17, 15) is 0 Å². The summed E-state index contributed by atoms with van der Waals surface area (Å²) in [4.78, 5) is 2.56. The molecular formula is C25H33N3O2. The molecule has 160 valence electrons. The van der Waals surface area contributed by atoms with E-state index >= 15 is 0 Å². The molecule has 1 N–H and O–H groups in total. The average molecular weight is 408 g/mol. The second-order valence-corrected chi connectivity index (χ2v) is 8.50. The van der Waals surface area contributed by atoms with Crippen molar-refractivity contribution in [2.24, 2.45) is 11.0 Å². The smallest absolute Gasteiger partial charge is 0.161 e. The molecule has 2 aliphatic heterocycles. The third-order valence-corrected chi connectivity index (χ3v) is 6.29. The van der Waals surface area contributed by atoms with Crippen molar-refractivity contribution >= 4 is 5.71 Å². The normalized spacial score (nSPS) is 21.0. The van der Waals surface area contributed by atoms with Crippen molar-refractivity contribution in [3.8, 4) is 11.5 Å². The predicted molar refractivity (Wildman–Crippen MR) is 121 cm³/mol. The minimum absolute atomic E-state index is 0.196. The van der Waals surface area contributed by atoms with Crippen LogP contribution in [0.1, 0.15) is 48.1 Å². The minimum atomic E-state index is 0.196. The van der Waals surface area contributed by atoms with Gasteiger partial charge in [0.05, 0.1) is 13.2 Å². The number of fused-ring (bicyclic) bond motifs is 1. The summed E-state index contributed by atoms with van der Waals surface area (Å²) in [5, 5.41) is 4.65. The molecule has 0 bridgehead atoms. The van der Waals surface area contributed by atoms with Gasteiger partial charge < -0.3 is 19.8 Å². The Balaban J connectivity index is 1.49. The third kappa shape index (κ3) is 4.31. The molecule has 2 aromatic rings. The molecule has 5 nitrogen and oxygen atoms in total. The lowest BCUT2D eigenvalue weighted by Crippen LogP contribution is -2.42. The highest BCUT2D eigenvalue weighted by molar-refractivity contribution is 5.90. The lowest BCUT2D eigenvalue weighted by atomic mass is 9.86. The average Bonchev–Trinajstić information content (AvgIpc) is 3.18. The summed E-state index contributed by atoms with van der Waals surface area (Å²) in [6.07, 6.45) is 2.25. The van der Waals surface area contributed by atoms with E-state index in [4.69, 9.17) is 9.47 Å². The molecule has 5 heteroatoms. The molecule has 0 spiro atoms. The maximum atomic E-state index is 6.14. The van der Waals surface area contributed by atoms with E-state index in [0.29, 0.717) is 12.5 Å². The zero-order valence-corrected chi connectivity index (χ0v) is 18.6. The molecule has 2 aliphatic rings. The number of nitrogens with one attached hydrogen (secondary N) is 1. The van der Waals surface area contributed by atoms with E-state index in [1.165, 1.54) is 34.4 Å². The molecule has 0 aromatic heterocycles. The Kier molecular flexibility index (Phi) is 6.28. The van der Waals surface area contributed by atoms with Gasteiger partial charge in [0.2, 0.25) is 0 Å². The highest BCUT2D eigenvalue weighted by Crippen LogP contribution is 2.37. The molecule has 1 saturated heterocycles. The molecule has 0 radical (unpaired) electrons. The van der Waals surface area contributed by atoms with Crippen molar-refractivity contribution < 1.29 is 9.47 Å². The van der Waals surface area contributed by atoms with E-state index in [1.807, 2.05) is 6.07 Å². The number of hydrazone groups is 1. The second-order valence-electron chi connectivity index (χ2n) is 8.50. The number of aryl methyl sites for hydroxylation is 2. The second kappa shape index (κ2) is 9.09. The number of ether oxygens (including phenoxy) is 2. The highest BCUT2D eigenvalue weighted by Gasteiger charge is 2.37. The number of methoxy groups -OCH3 is 1. The largest absolute Gasteiger partial charge is 0.493 e. The fourth-order valence-corrected chi connectivity index (χ4v) is 4.55. The van der Waals surface area contributed by atoms with E-state index in [2.05, 4.69) is 66.5 Å². The molecule has 2 unspecified atom stereocenters. The van der Waals surface area contributed by atoms with Crippen LogP contribution in [-0.2, 0) is 6.61 Å². The van der Waals surface area contributed by atoms with Crippen LogP contribution >= 0.6 is 0 Å². The number of hydrogen-bond acceptors (Lipinski definition) is 5. The van der Waals surface area contributed by atoms with Crippen LogP contribution in [0.4, 0.5) is 0 Å². The van der Waals surface area contributed by atoms with Crippen LogP contribution in [-0.4, -0.2) is 37.4 Å². The van der Waals surface area contributed by atoms with Crippen LogP contribution < -0.4 is 14.9 Å². The van der Waals surface area contributed by atoms with Crippen molar-refractivity contribution in [3.63, 3.8) is 0 Å². The first-order chi connectivity index (χ1) is 14.6. The van der Waals surface area contributed by atoms with Gasteiger partial charge in [-0.1, -0.05) is 36.8 Å². The molecule has 0 amide bonds. The summed E-state index contributed by atoms with van der Waals surface area (Å²) in [6, 6.07) is 12.9. The van der Waals surface area contributed by atoms with Crippen LogP contribution in [0.15, 0.2) is 41.5 Å². The molecule has 2 heterocycles. The van der Waals surface area contributed by atoms with Crippen LogP contribution in [0.3, 0.4) is 0 Å². The van der Waals surface area contributed by atoms with Gasteiger partial charge >= 0.3 is 0 Å². The van der Waals surface area contributed by atoms with Gasteiger partial charge in [0, 0.05) is 31.1 Å². The van der Waals surface area contributed by atoms with Gasteiger partial charge in [-0.3, -0.25) is 0 Å². The summed E-state index contributed by atoms with van der Waals surface area (Å²) >= 11 is 0. The molecule has 0 aliphatic carbocycles. The number of piperidine rings is 1. The lowest BCUT2D eigenvalue weighted by Gasteiger charge is -2.33. The van der Waals surface area contributed by atoms with E-state index in [-0.39, 0.29) is 6.04 Å². The predicted octanol–water partition coefficient (Wildman–Crippen LogP) is 4.62. The number of nitrogens with zero attached hydrogens (tertiary/aromatic N) is 2. The van der Waals surface area contributed by atoms with Gasteiger partial charge in [-0.15, -0.1) is 0 Å². The number of benzene rings is 2. The first-order valence-corrected chi connectivity index (χ1v) is 11.0. The molecule has 1 fully saturated rings. The fraction of sp³-hybridized carbons (Fsp3) is 0.480. The van der Waals surface area contributed by atoms with Crippen LogP contribution in [0.5, 0.6) is 11.5 Å². The SMILES string of the molecule is CCCN1CCC2=NNC(c3ccc(OCc4cc(C)ccc4C)c(OC)c3)C2C1. The van der Waals surface area contributed by atoms with E-state index < -0.39 is 0 Å². The van der Waals surface area contributed by atoms with Gasteiger partial charge in [0.15, 0.2) is 11.5 Å². The van der Waals surface area contributed by atoms with Gasteiger partial charge in [-0.2, -0.15) is 5.10 Å². The van der Waals surface area contributed by atoms with Crippen molar-refractivity contribution in [1.82, 2.24) is 10.3 Å². The van der Waals surface area contributed by atoms with E-state index in [0.717, 1.165) is 37.6 Å². The topological polar surface area (TPSA) is 46.1 Å². The molecule has 4 rings (SSSR count). The van der Waals surface area contributed by atoms with Gasteiger partial charge in [-0.05, 0) is 55.6 Å². The van der Waals surface area contributed by atoms with Gasteiger partial charge in [0.1, 0.15) is 6.61 Å². The zero-order valence-electron chi connectivity index (χ0n) is 18.6. The Morgan fingerprint density at radius 1 is 1.13 bits per heavy atom. The first-order valence-electron chi connectivity index (χ1n) is 11.0. The van der Waals surface area contributed by atoms with Crippen LogP contribution in [0.25, 0.3) is 0 Å².